The molecule has 0 saturated carbocycles. The molecule has 0 bridgehead atoms. The average molecular weight is 365 g/mol. The van der Waals surface area contributed by atoms with Crippen molar-refractivity contribution in [2.45, 2.75) is 33.2 Å². The molecule has 0 aliphatic rings. The number of benzene rings is 1. The predicted octanol–water partition coefficient (Wildman–Crippen LogP) is 3.60. The van der Waals surface area contributed by atoms with Gasteiger partial charge in [0.05, 0.1) is 6.26 Å². The lowest BCUT2D eigenvalue weighted by molar-refractivity contribution is -0.126. The van der Waals surface area contributed by atoms with Crippen molar-refractivity contribution in [2.24, 2.45) is 0 Å². The fourth-order valence-electron chi connectivity index (χ4n) is 3.03. The Bertz CT molecular complexity index is 1000. The molecule has 140 valence electrons. The van der Waals surface area contributed by atoms with Gasteiger partial charge in [0.1, 0.15) is 11.2 Å². The molecule has 3 rings (SSSR count). The maximum Gasteiger partial charge on any atom is 0.267 e. The summed E-state index contributed by atoms with van der Waals surface area (Å²) in [6.07, 6.45) is 1.54. The van der Waals surface area contributed by atoms with Gasteiger partial charge in [-0.3, -0.25) is 9.59 Å². The SMILES string of the molecule is CCN(C(=O)C(C)(C)n1nc(-c2ccco2)ccc1=O)c1cccc(C)c1. The minimum Gasteiger partial charge on any atom is -0.463 e. The first-order valence-corrected chi connectivity index (χ1v) is 8.88. The Hall–Kier alpha value is -3.15. The molecule has 0 aliphatic carbocycles. The maximum atomic E-state index is 13.4. The van der Waals surface area contributed by atoms with Crippen molar-refractivity contribution in [3.8, 4) is 11.5 Å². The summed E-state index contributed by atoms with van der Waals surface area (Å²) < 4.78 is 6.59. The molecule has 6 heteroatoms. The molecule has 27 heavy (non-hydrogen) atoms. The Balaban J connectivity index is 2.03. The van der Waals surface area contributed by atoms with Crippen LogP contribution in [0.3, 0.4) is 0 Å². The molecule has 0 aliphatic heterocycles. The monoisotopic (exact) mass is 365 g/mol. The van der Waals surface area contributed by atoms with Crippen LogP contribution in [0.1, 0.15) is 26.3 Å². The van der Waals surface area contributed by atoms with Crippen molar-refractivity contribution in [3.63, 3.8) is 0 Å². The van der Waals surface area contributed by atoms with E-state index in [1.165, 1.54) is 10.7 Å². The van der Waals surface area contributed by atoms with E-state index < -0.39 is 5.54 Å². The molecule has 6 nitrogen and oxygen atoms in total. The van der Waals surface area contributed by atoms with Crippen LogP contribution in [0.5, 0.6) is 0 Å². The van der Waals surface area contributed by atoms with Crippen LogP contribution in [0, 0.1) is 6.92 Å². The summed E-state index contributed by atoms with van der Waals surface area (Å²) in [4.78, 5) is 27.5. The molecular formula is C21H23N3O3. The van der Waals surface area contributed by atoms with Gasteiger partial charge in [0.15, 0.2) is 5.76 Å². The number of likely N-dealkylation sites (N-methyl/N-ethyl adjacent to an activating group) is 1. The number of hydrogen-bond acceptors (Lipinski definition) is 4. The predicted molar refractivity (Wildman–Crippen MR) is 105 cm³/mol. The van der Waals surface area contributed by atoms with Gasteiger partial charge in [-0.1, -0.05) is 12.1 Å². The van der Waals surface area contributed by atoms with E-state index in [-0.39, 0.29) is 11.5 Å². The second kappa shape index (κ2) is 7.23. The Kier molecular flexibility index (Phi) is 4.99. The van der Waals surface area contributed by atoms with Crippen molar-refractivity contribution in [2.75, 3.05) is 11.4 Å². The third-order valence-corrected chi connectivity index (χ3v) is 4.50. The van der Waals surface area contributed by atoms with E-state index in [1.807, 2.05) is 38.1 Å². The van der Waals surface area contributed by atoms with E-state index in [0.29, 0.717) is 18.0 Å². The van der Waals surface area contributed by atoms with Crippen LogP contribution < -0.4 is 10.5 Å². The fraction of sp³-hybridized carbons (Fsp3) is 0.286. The van der Waals surface area contributed by atoms with Crippen LogP contribution in [-0.2, 0) is 10.3 Å². The standard InChI is InChI=1S/C21H23N3O3/c1-5-23(16-9-6-8-15(2)14-16)20(26)21(3,4)24-19(25)12-11-17(22-24)18-10-7-13-27-18/h6-14H,5H2,1-4H3. The molecule has 0 fully saturated rings. The highest BCUT2D eigenvalue weighted by molar-refractivity contribution is 5.98. The smallest absolute Gasteiger partial charge is 0.267 e. The Morgan fingerprint density at radius 1 is 1.19 bits per heavy atom. The quantitative estimate of drug-likeness (QED) is 0.693. The van der Waals surface area contributed by atoms with Gasteiger partial charge in [0, 0.05) is 18.3 Å². The van der Waals surface area contributed by atoms with Crippen molar-refractivity contribution in [3.05, 3.63) is 70.7 Å². The van der Waals surface area contributed by atoms with E-state index in [4.69, 9.17) is 4.42 Å². The largest absolute Gasteiger partial charge is 0.463 e. The molecule has 0 saturated heterocycles. The first-order chi connectivity index (χ1) is 12.8. The zero-order chi connectivity index (χ0) is 19.6. The van der Waals surface area contributed by atoms with Crippen molar-refractivity contribution >= 4 is 11.6 Å². The number of rotatable bonds is 5. The number of aryl methyl sites for hydroxylation is 1. The maximum absolute atomic E-state index is 13.4. The number of carbonyl (C=O) groups is 1. The number of furan rings is 1. The normalized spacial score (nSPS) is 11.4. The van der Waals surface area contributed by atoms with Crippen molar-refractivity contribution in [1.82, 2.24) is 9.78 Å². The molecule has 1 amide bonds. The molecule has 0 atom stereocenters. The summed E-state index contributed by atoms with van der Waals surface area (Å²) in [5.41, 5.74) is 0.847. The van der Waals surface area contributed by atoms with Gasteiger partial charge in [-0.2, -0.15) is 5.10 Å². The van der Waals surface area contributed by atoms with Crippen LogP contribution in [0.2, 0.25) is 0 Å². The number of carbonyl (C=O) groups excluding carboxylic acids is 1. The molecule has 0 radical (unpaired) electrons. The molecule has 0 unspecified atom stereocenters. The third-order valence-electron chi connectivity index (χ3n) is 4.50. The highest BCUT2D eigenvalue weighted by atomic mass is 16.3. The first-order valence-electron chi connectivity index (χ1n) is 8.88. The van der Waals surface area contributed by atoms with Gasteiger partial charge in [-0.25, -0.2) is 4.68 Å². The van der Waals surface area contributed by atoms with Crippen LogP contribution >= 0.6 is 0 Å². The summed E-state index contributed by atoms with van der Waals surface area (Å²) in [5, 5.41) is 4.40. The van der Waals surface area contributed by atoms with Crippen molar-refractivity contribution < 1.29 is 9.21 Å². The highest BCUT2D eigenvalue weighted by Crippen LogP contribution is 2.24. The molecule has 1 aromatic carbocycles. The molecular weight excluding hydrogens is 342 g/mol. The van der Waals surface area contributed by atoms with Gasteiger partial charge in [0.2, 0.25) is 0 Å². The number of hydrogen-bond donors (Lipinski definition) is 0. The van der Waals surface area contributed by atoms with Crippen LogP contribution in [0.15, 0.2) is 64.0 Å². The summed E-state index contributed by atoms with van der Waals surface area (Å²) in [5.74, 6) is 0.333. The Morgan fingerprint density at radius 2 is 1.96 bits per heavy atom. The van der Waals surface area contributed by atoms with E-state index in [2.05, 4.69) is 5.10 Å². The van der Waals surface area contributed by atoms with Gasteiger partial charge in [0.25, 0.3) is 11.5 Å². The highest BCUT2D eigenvalue weighted by Gasteiger charge is 2.36. The van der Waals surface area contributed by atoms with Crippen LogP contribution in [0.4, 0.5) is 5.69 Å². The number of aromatic nitrogens is 2. The molecule has 2 aromatic heterocycles. The second-order valence-corrected chi connectivity index (χ2v) is 6.89. The molecule has 3 aromatic rings. The van der Waals surface area contributed by atoms with Gasteiger partial charge in [-0.15, -0.1) is 0 Å². The summed E-state index contributed by atoms with van der Waals surface area (Å²) in [6.45, 7) is 7.78. The van der Waals surface area contributed by atoms with Crippen LogP contribution in [0.25, 0.3) is 11.5 Å². The molecule has 0 N–H and O–H groups in total. The summed E-state index contributed by atoms with van der Waals surface area (Å²) >= 11 is 0. The zero-order valence-corrected chi connectivity index (χ0v) is 16.0. The topological polar surface area (TPSA) is 68.3 Å². The van der Waals surface area contributed by atoms with E-state index in [0.717, 1.165) is 11.3 Å². The minimum absolute atomic E-state index is 0.207. The Labute approximate surface area is 158 Å². The van der Waals surface area contributed by atoms with Gasteiger partial charge < -0.3 is 9.32 Å². The van der Waals surface area contributed by atoms with E-state index in [1.54, 1.807) is 43.2 Å². The fourth-order valence-corrected chi connectivity index (χ4v) is 3.03. The molecule has 2 heterocycles. The zero-order valence-electron chi connectivity index (χ0n) is 16.0. The summed E-state index contributed by atoms with van der Waals surface area (Å²) in [7, 11) is 0. The third kappa shape index (κ3) is 3.56. The number of nitrogens with zero attached hydrogens (tertiary/aromatic N) is 3. The minimum atomic E-state index is -1.17. The second-order valence-electron chi connectivity index (χ2n) is 6.89. The first kappa shape index (κ1) is 18.6. The van der Waals surface area contributed by atoms with E-state index >= 15 is 0 Å². The average Bonchev–Trinajstić information content (AvgIpc) is 3.17. The number of amides is 1. The van der Waals surface area contributed by atoms with Gasteiger partial charge in [-0.05, 0) is 63.6 Å². The summed E-state index contributed by atoms with van der Waals surface area (Å²) in [6, 6.07) is 14.2. The van der Waals surface area contributed by atoms with Gasteiger partial charge >= 0.3 is 0 Å². The van der Waals surface area contributed by atoms with E-state index in [9.17, 15) is 9.59 Å². The van der Waals surface area contributed by atoms with Crippen molar-refractivity contribution in [1.29, 1.82) is 0 Å². The van der Waals surface area contributed by atoms with Crippen LogP contribution in [-0.4, -0.2) is 22.2 Å². The lowest BCUT2D eigenvalue weighted by atomic mass is 10.0. The lowest BCUT2D eigenvalue weighted by Gasteiger charge is -2.32. The molecule has 0 spiro atoms. The Morgan fingerprint density at radius 3 is 2.59 bits per heavy atom. The lowest BCUT2D eigenvalue weighted by Crippen LogP contribution is -2.51. The number of anilines is 1.